The van der Waals surface area contributed by atoms with Crippen LogP contribution in [0.15, 0.2) is 42.5 Å². The molecule has 0 saturated carbocycles. The molecule has 2 aromatic rings. The van der Waals surface area contributed by atoms with Gasteiger partial charge in [0.1, 0.15) is 11.6 Å². The molecule has 2 rings (SSSR count). The minimum absolute atomic E-state index is 0.358. The van der Waals surface area contributed by atoms with Crippen molar-refractivity contribution in [2.24, 2.45) is 5.73 Å². The fourth-order valence-corrected chi connectivity index (χ4v) is 2.04. The Balaban J connectivity index is 2.30. The van der Waals surface area contributed by atoms with Gasteiger partial charge in [0.05, 0.1) is 6.04 Å². The van der Waals surface area contributed by atoms with Crippen LogP contribution in [0.2, 0.25) is 0 Å². The van der Waals surface area contributed by atoms with Crippen LogP contribution in [0.5, 0.6) is 5.75 Å². The third-order valence-corrected chi connectivity index (χ3v) is 2.87. The maximum atomic E-state index is 13.4. The van der Waals surface area contributed by atoms with E-state index in [1.54, 1.807) is 19.1 Å². The zero-order chi connectivity index (χ0) is 15.6. The largest absolute Gasteiger partial charge is 0.573 e. The van der Waals surface area contributed by atoms with Gasteiger partial charge < -0.3 is 10.5 Å². The number of alkyl halides is 3. The highest BCUT2D eigenvalue weighted by Gasteiger charge is 2.31. The second-order valence-electron chi connectivity index (χ2n) is 4.66. The number of hydrogen-bond acceptors (Lipinski definition) is 2. The van der Waals surface area contributed by atoms with Gasteiger partial charge in [0.15, 0.2) is 0 Å². The van der Waals surface area contributed by atoms with Crippen molar-refractivity contribution in [3.05, 3.63) is 65.0 Å². The van der Waals surface area contributed by atoms with Crippen molar-refractivity contribution in [1.82, 2.24) is 0 Å². The Bertz CT molecular complexity index is 620. The molecule has 0 heterocycles. The first-order valence-electron chi connectivity index (χ1n) is 6.13. The topological polar surface area (TPSA) is 35.2 Å². The van der Waals surface area contributed by atoms with E-state index in [4.69, 9.17) is 5.73 Å². The summed E-state index contributed by atoms with van der Waals surface area (Å²) in [6.45, 7) is 1.71. The summed E-state index contributed by atoms with van der Waals surface area (Å²) >= 11 is 0. The molecule has 0 bridgehead atoms. The Morgan fingerprint density at radius 2 is 1.76 bits per heavy atom. The first-order valence-corrected chi connectivity index (χ1v) is 6.13. The summed E-state index contributed by atoms with van der Waals surface area (Å²) in [5, 5.41) is 0. The molecule has 0 aliphatic rings. The summed E-state index contributed by atoms with van der Waals surface area (Å²) in [5.41, 5.74) is 7.55. The van der Waals surface area contributed by atoms with Gasteiger partial charge in [-0.25, -0.2) is 4.39 Å². The molecule has 0 aromatic heterocycles. The summed E-state index contributed by atoms with van der Waals surface area (Å²) in [6, 6.07) is 8.89. The van der Waals surface area contributed by atoms with Crippen LogP contribution >= 0.6 is 0 Å². The molecule has 2 aromatic carbocycles. The van der Waals surface area contributed by atoms with Gasteiger partial charge >= 0.3 is 6.36 Å². The molecule has 2 N–H and O–H groups in total. The Morgan fingerprint density at radius 1 is 1.05 bits per heavy atom. The SMILES string of the molecule is Cc1cc(F)cc(C(N)c2cccc(OC(F)(F)F)c2)c1. The lowest BCUT2D eigenvalue weighted by atomic mass is 9.98. The third kappa shape index (κ3) is 4.19. The van der Waals surface area contributed by atoms with Gasteiger partial charge in [-0.15, -0.1) is 13.2 Å². The van der Waals surface area contributed by atoms with Crippen molar-refractivity contribution in [1.29, 1.82) is 0 Å². The van der Waals surface area contributed by atoms with Gasteiger partial charge in [-0.05, 0) is 47.9 Å². The fourth-order valence-electron chi connectivity index (χ4n) is 2.04. The van der Waals surface area contributed by atoms with Gasteiger partial charge in [-0.2, -0.15) is 0 Å². The molecule has 1 unspecified atom stereocenters. The smallest absolute Gasteiger partial charge is 0.406 e. The number of benzene rings is 2. The average molecular weight is 299 g/mol. The molecular weight excluding hydrogens is 286 g/mol. The normalized spacial score (nSPS) is 13.0. The lowest BCUT2D eigenvalue weighted by molar-refractivity contribution is -0.274. The average Bonchev–Trinajstić information content (AvgIpc) is 2.35. The zero-order valence-electron chi connectivity index (χ0n) is 11.1. The highest BCUT2D eigenvalue weighted by atomic mass is 19.4. The van der Waals surface area contributed by atoms with Crippen LogP contribution in [0.25, 0.3) is 0 Å². The summed E-state index contributed by atoms with van der Waals surface area (Å²) in [7, 11) is 0. The minimum Gasteiger partial charge on any atom is -0.406 e. The van der Waals surface area contributed by atoms with E-state index in [0.717, 1.165) is 0 Å². The molecule has 0 spiro atoms. The quantitative estimate of drug-likeness (QED) is 0.867. The van der Waals surface area contributed by atoms with Crippen LogP contribution in [0.4, 0.5) is 17.6 Å². The van der Waals surface area contributed by atoms with Gasteiger partial charge in [0, 0.05) is 0 Å². The van der Waals surface area contributed by atoms with Crippen molar-refractivity contribution < 1.29 is 22.3 Å². The number of ether oxygens (including phenoxy) is 1. The number of nitrogens with two attached hydrogens (primary N) is 1. The van der Waals surface area contributed by atoms with Crippen LogP contribution in [0, 0.1) is 12.7 Å². The minimum atomic E-state index is -4.77. The van der Waals surface area contributed by atoms with E-state index < -0.39 is 18.2 Å². The molecule has 0 radical (unpaired) electrons. The lowest BCUT2D eigenvalue weighted by Crippen LogP contribution is -2.18. The Hall–Kier alpha value is -2.08. The molecule has 0 aliphatic carbocycles. The van der Waals surface area contributed by atoms with E-state index in [1.165, 1.54) is 30.3 Å². The van der Waals surface area contributed by atoms with E-state index in [9.17, 15) is 17.6 Å². The molecule has 1 atom stereocenters. The standard InChI is InChI=1S/C15H13F4NO/c1-9-5-11(7-12(16)6-9)14(20)10-3-2-4-13(8-10)21-15(17,18)19/h2-8,14H,20H2,1H3. The molecule has 112 valence electrons. The summed E-state index contributed by atoms with van der Waals surface area (Å²) in [6.07, 6.45) is -4.77. The Morgan fingerprint density at radius 3 is 2.38 bits per heavy atom. The Kier molecular flexibility index (Phi) is 4.18. The first-order chi connectivity index (χ1) is 9.74. The maximum absolute atomic E-state index is 13.4. The van der Waals surface area contributed by atoms with Crippen molar-refractivity contribution in [2.45, 2.75) is 19.3 Å². The van der Waals surface area contributed by atoms with Crippen LogP contribution in [-0.2, 0) is 0 Å². The molecule has 2 nitrogen and oxygen atoms in total. The second kappa shape index (κ2) is 5.73. The fraction of sp³-hybridized carbons (Fsp3) is 0.200. The van der Waals surface area contributed by atoms with Gasteiger partial charge in [-0.3, -0.25) is 0 Å². The predicted octanol–water partition coefficient (Wildman–Crippen LogP) is 4.08. The molecule has 0 saturated heterocycles. The highest BCUT2D eigenvalue weighted by molar-refractivity contribution is 5.37. The highest BCUT2D eigenvalue weighted by Crippen LogP contribution is 2.27. The van der Waals surface area contributed by atoms with E-state index in [0.29, 0.717) is 16.7 Å². The maximum Gasteiger partial charge on any atom is 0.573 e. The second-order valence-corrected chi connectivity index (χ2v) is 4.66. The van der Waals surface area contributed by atoms with Crippen molar-refractivity contribution in [2.75, 3.05) is 0 Å². The van der Waals surface area contributed by atoms with Crippen LogP contribution in [0.1, 0.15) is 22.7 Å². The lowest BCUT2D eigenvalue weighted by Gasteiger charge is -2.15. The Labute approximate surface area is 119 Å². The third-order valence-electron chi connectivity index (χ3n) is 2.87. The van der Waals surface area contributed by atoms with Crippen LogP contribution in [-0.4, -0.2) is 6.36 Å². The van der Waals surface area contributed by atoms with Crippen LogP contribution in [0.3, 0.4) is 0 Å². The molecule has 0 fully saturated rings. The molecule has 21 heavy (non-hydrogen) atoms. The molecule has 0 amide bonds. The van der Waals surface area contributed by atoms with E-state index >= 15 is 0 Å². The van der Waals surface area contributed by atoms with Crippen molar-refractivity contribution in [3.8, 4) is 5.75 Å². The molecular formula is C15H13F4NO. The zero-order valence-corrected chi connectivity index (χ0v) is 11.1. The number of aryl methyl sites for hydroxylation is 1. The predicted molar refractivity (Wildman–Crippen MR) is 70.3 cm³/mol. The van der Waals surface area contributed by atoms with Crippen molar-refractivity contribution >= 4 is 0 Å². The first kappa shape index (κ1) is 15.3. The number of hydrogen-bond donors (Lipinski definition) is 1. The summed E-state index contributed by atoms with van der Waals surface area (Å²) < 4.78 is 53.8. The number of halogens is 4. The summed E-state index contributed by atoms with van der Waals surface area (Å²) in [5.74, 6) is -0.799. The van der Waals surface area contributed by atoms with Gasteiger partial charge in [0.2, 0.25) is 0 Å². The van der Waals surface area contributed by atoms with E-state index in [1.807, 2.05) is 0 Å². The van der Waals surface area contributed by atoms with E-state index in [-0.39, 0.29) is 5.75 Å². The number of rotatable bonds is 3. The monoisotopic (exact) mass is 299 g/mol. The van der Waals surface area contributed by atoms with Gasteiger partial charge in [-0.1, -0.05) is 18.2 Å². The molecule has 6 heteroatoms. The van der Waals surface area contributed by atoms with Crippen LogP contribution < -0.4 is 10.5 Å². The van der Waals surface area contributed by atoms with Gasteiger partial charge in [0.25, 0.3) is 0 Å². The molecule has 0 aliphatic heterocycles. The van der Waals surface area contributed by atoms with Crippen molar-refractivity contribution in [3.63, 3.8) is 0 Å². The summed E-state index contributed by atoms with van der Waals surface area (Å²) in [4.78, 5) is 0. The van der Waals surface area contributed by atoms with E-state index in [2.05, 4.69) is 4.74 Å².